The van der Waals surface area contributed by atoms with Crippen molar-refractivity contribution in [1.82, 2.24) is 4.57 Å². The summed E-state index contributed by atoms with van der Waals surface area (Å²) in [4.78, 5) is 39.2. The van der Waals surface area contributed by atoms with Crippen molar-refractivity contribution in [2.75, 3.05) is 11.9 Å². The average molecular weight is 484 g/mol. The third-order valence-corrected chi connectivity index (χ3v) is 5.38. The molecule has 1 amide bonds. The number of Topliss-reactive ketones (excluding diaryl/α,β-unsaturated/α-hetero) is 1. The normalized spacial score (nSPS) is 11.5. The summed E-state index contributed by atoms with van der Waals surface area (Å²) in [5.41, 5.74) is 1.88. The van der Waals surface area contributed by atoms with Crippen LogP contribution in [0.25, 0.3) is 22.2 Å². The molecule has 3 aromatic carbocycles. The second-order valence-electron chi connectivity index (χ2n) is 7.74. The Morgan fingerprint density at radius 2 is 1.66 bits per heavy atom. The van der Waals surface area contributed by atoms with Crippen LogP contribution in [0.4, 0.5) is 18.9 Å². The molecule has 0 spiro atoms. The van der Waals surface area contributed by atoms with Crippen LogP contribution < -0.4 is 15.4 Å². The lowest BCUT2D eigenvalue weighted by Gasteiger charge is -2.17. The zero-order valence-electron chi connectivity index (χ0n) is 18.6. The van der Waals surface area contributed by atoms with E-state index in [9.17, 15) is 27.6 Å². The quantitative estimate of drug-likeness (QED) is 0.359. The highest BCUT2D eigenvalue weighted by atomic mass is 19.4. The zero-order chi connectivity index (χ0) is 25.3. The molecular weight excluding hydrogens is 465 g/mol. The number of anilines is 1. The van der Waals surface area contributed by atoms with Crippen LogP contribution in [-0.2, 0) is 11.3 Å². The van der Waals surface area contributed by atoms with Gasteiger partial charge in [-0.25, -0.2) is 4.79 Å². The fourth-order valence-corrected chi connectivity index (χ4v) is 3.63. The number of benzene rings is 3. The van der Waals surface area contributed by atoms with Crippen LogP contribution in [-0.4, -0.2) is 29.7 Å². The molecule has 0 N–H and O–H groups in total. The maximum atomic E-state index is 12.9. The van der Waals surface area contributed by atoms with E-state index in [0.29, 0.717) is 16.8 Å². The van der Waals surface area contributed by atoms with Gasteiger partial charge in [0.1, 0.15) is 12.3 Å². The SMILES string of the molecule is CC(=O)c1cc(-c2ccc(OC(F)(F)F)cc2)cc2c1oc(=O)n2CC(=O)N(C)c1ccccc1. The molecule has 4 rings (SSSR count). The standard InChI is InChI=1S/C25H19F3N2O5/c1-15(31)20-12-17(16-8-10-19(11-9-16)35-25(26,27)28)13-21-23(20)34-24(33)30(21)14-22(32)29(2)18-6-4-3-5-7-18/h3-13H,14H2,1-2H3. The third kappa shape index (κ3) is 5.11. The molecule has 1 aromatic heterocycles. The first kappa shape index (κ1) is 23.8. The number of hydrogen-bond acceptors (Lipinski definition) is 5. The molecule has 0 radical (unpaired) electrons. The van der Waals surface area contributed by atoms with E-state index in [0.717, 1.165) is 16.7 Å². The topological polar surface area (TPSA) is 81.7 Å². The second-order valence-corrected chi connectivity index (χ2v) is 7.74. The van der Waals surface area contributed by atoms with Crippen molar-refractivity contribution in [3.8, 4) is 16.9 Å². The Morgan fingerprint density at radius 3 is 2.26 bits per heavy atom. The highest BCUT2D eigenvalue weighted by Crippen LogP contribution is 2.30. The molecule has 0 aliphatic rings. The van der Waals surface area contributed by atoms with E-state index in [1.165, 1.54) is 30.0 Å². The monoisotopic (exact) mass is 484 g/mol. The first-order valence-corrected chi connectivity index (χ1v) is 10.4. The minimum atomic E-state index is -4.82. The van der Waals surface area contributed by atoms with E-state index < -0.39 is 23.8 Å². The number of rotatable bonds is 6. The summed E-state index contributed by atoms with van der Waals surface area (Å²) in [5, 5.41) is 0. The molecule has 4 aromatic rings. The Hall–Kier alpha value is -4.34. The van der Waals surface area contributed by atoms with E-state index in [1.54, 1.807) is 37.4 Å². The van der Waals surface area contributed by atoms with Crippen molar-refractivity contribution >= 4 is 28.5 Å². The van der Waals surface area contributed by atoms with Crippen LogP contribution in [0.3, 0.4) is 0 Å². The van der Waals surface area contributed by atoms with E-state index in [4.69, 9.17) is 4.42 Å². The molecule has 35 heavy (non-hydrogen) atoms. The lowest BCUT2D eigenvalue weighted by Crippen LogP contribution is -2.32. The molecule has 10 heteroatoms. The number of nitrogens with zero attached hydrogens (tertiary/aromatic N) is 2. The Labute approximate surface area is 196 Å². The maximum absolute atomic E-state index is 12.9. The van der Waals surface area contributed by atoms with Crippen LogP contribution in [0, 0.1) is 0 Å². The van der Waals surface area contributed by atoms with Crippen molar-refractivity contribution in [2.45, 2.75) is 19.8 Å². The highest BCUT2D eigenvalue weighted by Gasteiger charge is 2.31. The van der Waals surface area contributed by atoms with Crippen LogP contribution in [0.15, 0.2) is 75.9 Å². The van der Waals surface area contributed by atoms with Gasteiger partial charge < -0.3 is 14.1 Å². The number of para-hydroxylation sites is 1. The summed E-state index contributed by atoms with van der Waals surface area (Å²) in [6.07, 6.45) is -4.82. The minimum Gasteiger partial charge on any atom is -0.407 e. The summed E-state index contributed by atoms with van der Waals surface area (Å²) in [5.74, 6) is -2.00. The van der Waals surface area contributed by atoms with Gasteiger partial charge in [0.25, 0.3) is 0 Å². The molecule has 0 unspecified atom stereocenters. The van der Waals surface area contributed by atoms with Crippen LogP contribution >= 0.6 is 0 Å². The average Bonchev–Trinajstić information content (AvgIpc) is 3.12. The zero-order valence-corrected chi connectivity index (χ0v) is 18.6. The number of amides is 1. The predicted octanol–water partition coefficient (Wildman–Crippen LogP) is 5.03. The fraction of sp³-hybridized carbons (Fsp3) is 0.160. The highest BCUT2D eigenvalue weighted by molar-refractivity contribution is 6.06. The van der Waals surface area contributed by atoms with Crippen molar-refractivity contribution in [2.24, 2.45) is 0 Å². The van der Waals surface area contributed by atoms with Gasteiger partial charge in [0, 0.05) is 12.7 Å². The van der Waals surface area contributed by atoms with Gasteiger partial charge in [0.15, 0.2) is 11.4 Å². The number of hydrogen-bond donors (Lipinski definition) is 0. The summed E-state index contributed by atoms with van der Waals surface area (Å²) in [6, 6.07) is 16.9. The summed E-state index contributed by atoms with van der Waals surface area (Å²) >= 11 is 0. The van der Waals surface area contributed by atoms with Gasteiger partial charge in [-0.2, -0.15) is 0 Å². The first-order chi connectivity index (χ1) is 16.5. The van der Waals surface area contributed by atoms with Crippen molar-refractivity contribution in [3.05, 3.63) is 82.8 Å². The number of ether oxygens (including phenoxy) is 1. The fourth-order valence-electron chi connectivity index (χ4n) is 3.63. The lowest BCUT2D eigenvalue weighted by molar-refractivity contribution is -0.274. The molecule has 0 saturated heterocycles. The van der Waals surface area contributed by atoms with E-state index in [2.05, 4.69) is 4.74 Å². The van der Waals surface area contributed by atoms with Crippen LogP contribution in [0.2, 0.25) is 0 Å². The van der Waals surface area contributed by atoms with E-state index in [-0.39, 0.29) is 29.0 Å². The largest absolute Gasteiger partial charge is 0.573 e. The number of carbonyl (C=O) groups is 2. The van der Waals surface area contributed by atoms with Gasteiger partial charge in [-0.05, 0) is 54.4 Å². The van der Waals surface area contributed by atoms with Gasteiger partial charge in [-0.1, -0.05) is 30.3 Å². The van der Waals surface area contributed by atoms with Crippen molar-refractivity contribution in [3.63, 3.8) is 0 Å². The number of oxazole rings is 1. The Bertz CT molecular complexity index is 1450. The lowest BCUT2D eigenvalue weighted by atomic mass is 10.00. The summed E-state index contributed by atoms with van der Waals surface area (Å²) in [7, 11) is 1.57. The molecule has 180 valence electrons. The van der Waals surface area contributed by atoms with Gasteiger partial charge in [0.2, 0.25) is 5.91 Å². The molecule has 0 aliphatic heterocycles. The number of likely N-dealkylation sites (N-methyl/N-ethyl adjacent to an activating group) is 1. The minimum absolute atomic E-state index is 0.0263. The van der Waals surface area contributed by atoms with E-state index >= 15 is 0 Å². The molecule has 0 atom stereocenters. The van der Waals surface area contributed by atoms with Gasteiger partial charge in [-0.3, -0.25) is 14.2 Å². The van der Waals surface area contributed by atoms with Gasteiger partial charge in [-0.15, -0.1) is 13.2 Å². The molecule has 7 nitrogen and oxygen atoms in total. The van der Waals surface area contributed by atoms with Crippen molar-refractivity contribution in [1.29, 1.82) is 0 Å². The Balaban J connectivity index is 1.75. The Kier molecular flexibility index (Phi) is 6.21. The molecule has 0 fully saturated rings. The molecule has 0 aliphatic carbocycles. The van der Waals surface area contributed by atoms with E-state index in [1.807, 2.05) is 6.07 Å². The molecule has 1 heterocycles. The first-order valence-electron chi connectivity index (χ1n) is 10.4. The number of halogens is 3. The molecule has 0 saturated carbocycles. The van der Waals surface area contributed by atoms with Crippen molar-refractivity contribution < 1.29 is 31.9 Å². The second kappa shape index (κ2) is 9.13. The number of carbonyl (C=O) groups excluding carboxylic acids is 2. The van der Waals surface area contributed by atoms with Crippen LogP contribution in [0.5, 0.6) is 5.75 Å². The summed E-state index contributed by atoms with van der Waals surface area (Å²) < 4.78 is 47.7. The summed E-state index contributed by atoms with van der Waals surface area (Å²) in [6.45, 7) is 0.945. The van der Waals surface area contributed by atoms with Gasteiger partial charge >= 0.3 is 12.1 Å². The maximum Gasteiger partial charge on any atom is 0.573 e. The number of alkyl halides is 3. The van der Waals surface area contributed by atoms with Gasteiger partial charge in [0.05, 0.1) is 11.1 Å². The third-order valence-electron chi connectivity index (χ3n) is 5.38. The number of aromatic nitrogens is 1. The smallest absolute Gasteiger partial charge is 0.407 e. The number of ketones is 1. The predicted molar refractivity (Wildman–Crippen MR) is 122 cm³/mol. The molecular formula is C25H19F3N2O5. The molecule has 0 bridgehead atoms. The number of fused-ring (bicyclic) bond motifs is 1. The van der Waals surface area contributed by atoms with Crippen LogP contribution in [0.1, 0.15) is 17.3 Å². The Morgan fingerprint density at radius 1 is 1.00 bits per heavy atom.